The molecule has 0 spiro atoms. The van der Waals surface area contributed by atoms with E-state index in [-0.39, 0.29) is 24.9 Å². The van der Waals surface area contributed by atoms with Crippen molar-refractivity contribution in [2.45, 2.75) is 32.4 Å². The molecule has 1 amide bonds. The summed E-state index contributed by atoms with van der Waals surface area (Å²) in [5.41, 5.74) is 0.440. The van der Waals surface area contributed by atoms with Crippen LogP contribution in [0.4, 0.5) is 0 Å². The number of carboxylic acids is 1. The van der Waals surface area contributed by atoms with Crippen LogP contribution in [0.25, 0.3) is 0 Å². The van der Waals surface area contributed by atoms with Gasteiger partial charge in [0.2, 0.25) is 0 Å². The number of hydrogen-bond acceptors (Lipinski definition) is 3. The zero-order chi connectivity index (χ0) is 15.3. The van der Waals surface area contributed by atoms with Crippen LogP contribution in [0.5, 0.6) is 0 Å². The van der Waals surface area contributed by atoms with Gasteiger partial charge in [-0.1, -0.05) is 11.6 Å². The number of nitrogens with one attached hydrogen (secondary N) is 1. The number of halogens is 1. The van der Waals surface area contributed by atoms with Crippen LogP contribution in [0.15, 0.2) is 12.3 Å². The topological polar surface area (TPSA) is 80.6 Å². The fraction of sp³-hybridized carbons (Fsp3) is 0.538. The highest BCUT2D eigenvalue weighted by Gasteiger charge is 2.18. The van der Waals surface area contributed by atoms with Gasteiger partial charge in [0.25, 0.3) is 5.91 Å². The van der Waals surface area contributed by atoms with Crippen molar-refractivity contribution in [3.05, 3.63) is 23.0 Å². The van der Waals surface area contributed by atoms with Crippen molar-refractivity contribution in [1.82, 2.24) is 9.88 Å². The van der Waals surface area contributed by atoms with Crippen LogP contribution < -0.4 is 5.32 Å². The molecule has 6 nitrogen and oxygen atoms in total. The Balaban J connectivity index is 2.69. The summed E-state index contributed by atoms with van der Waals surface area (Å²) in [4.78, 5) is 22.7. The van der Waals surface area contributed by atoms with Gasteiger partial charge >= 0.3 is 5.97 Å². The second-order valence-electron chi connectivity index (χ2n) is 4.71. The number of carbonyl (C=O) groups is 2. The average Bonchev–Trinajstić information content (AvgIpc) is 2.76. The van der Waals surface area contributed by atoms with Crippen LogP contribution in [0.2, 0.25) is 5.02 Å². The summed E-state index contributed by atoms with van der Waals surface area (Å²) in [7, 11) is 1.41. The Hall–Kier alpha value is -1.53. The standard InChI is InChI=1S/C13H19ClN2O4/c1-8(2)16-7-9(14)4-11(16)13(19)15-6-10(20-3)5-12(17)18/h4,7-8,10H,5-6H2,1-3H3,(H,15,19)(H,17,18). The first-order chi connectivity index (χ1) is 9.35. The molecule has 0 saturated carbocycles. The molecular formula is C13H19ClN2O4. The van der Waals surface area contributed by atoms with Crippen molar-refractivity contribution in [3.63, 3.8) is 0 Å². The highest BCUT2D eigenvalue weighted by Crippen LogP contribution is 2.18. The van der Waals surface area contributed by atoms with E-state index in [1.807, 2.05) is 13.8 Å². The number of hydrogen-bond donors (Lipinski definition) is 2. The third-order valence-corrected chi connectivity index (χ3v) is 3.04. The number of amides is 1. The van der Waals surface area contributed by atoms with E-state index >= 15 is 0 Å². The van der Waals surface area contributed by atoms with Gasteiger partial charge in [-0.15, -0.1) is 0 Å². The third-order valence-electron chi connectivity index (χ3n) is 2.83. The average molecular weight is 303 g/mol. The third kappa shape index (κ3) is 4.54. The molecule has 112 valence electrons. The quantitative estimate of drug-likeness (QED) is 0.806. The van der Waals surface area contributed by atoms with Crippen LogP contribution >= 0.6 is 11.6 Å². The Morgan fingerprint density at radius 1 is 1.50 bits per heavy atom. The molecular weight excluding hydrogens is 284 g/mol. The minimum atomic E-state index is -0.973. The van der Waals surface area contributed by atoms with Gasteiger partial charge in [0.1, 0.15) is 5.69 Å². The van der Waals surface area contributed by atoms with Crippen LogP contribution in [-0.4, -0.2) is 41.3 Å². The van der Waals surface area contributed by atoms with Gasteiger partial charge in [0.15, 0.2) is 0 Å². The molecule has 0 saturated heterocycles. The lowest BCUT2D eigenvalue weighted by molar-refractivity contribution is -0.139. The van der Waals surface area contributed by atoms with E-state index in [0.717, 1.165) is 0 Å². The minimum absolute atomic E-state index is 0.0977. The predicted molar refractivity (Wildman–Crippen MR) is 75.2 cm³/mol. The molecule has 0 aliphatic heterocycles. The fourth-order valence-electron chi connectivity index (χ4n) is 1.79. The molecule has 1 heterocycles. The van der Waals surface area contributed by atoms with Gasteiger partial charge < -0.3 is 19.7 Å². The number of ether oxygens (including phenoxy) is 1. The van der Waals surface area contributed by atoms with Crippen LogP contribution in [-0.2, 0) is 9.53 Å². The van der Waals surface area contributed by atoms with Gasteiger partial charge in [0.05, 0.1) is 17.5 Å². The summed E-state index contributed by atoms with van der Waals surface area (Å²) in [6.45, 7) is 4.01. The Morgan fingerprint density at radius 3 is 2.65 bits per heavy atom. The summed E-state index contributed by atoms with van der Waals surface area (Å²) in [5.74, 6) is -1.28. The summed E-state index contributed by atoms with van der Waals surface area (Å²) < 4.78 is 6.76. The molecule has 20 heavy (non-hydrogen) atoms. The summed E-state index contributed by atoms with van der Waals surface area (Å²) in [6.07, 6.45) is 0.962. The molecule has 0 bridgehead atoms. The van der Waals surface area contributed by atoms with E-state index in [4.69, 9.17) is 21.4 Å². The van der Waals surface area contributed by atoms with Gasteiger partial charge in [0, 0.05) is 25.9 Å². The lowest BCUT2D eigenvalue weighted by Crippen LogP contribution is -2.35. The van der Waals surface area contributed by atoms with Gasteiger partial charge in [-0.2, -0.15) is 0 Å². The van der Waals surface area contributed by atoms with Crippen molar-refractivity contribution in [2.75, 3.05) is 13.7 Å². The number of carboxylic acid groups (broad SMARTS) is 1. The minimum Gasteiger partial charge on any atom is -0.481 e. The first-order valence-corrected chi connectivity index (χ1v) is 6.63. The molecule has 0 aromatic carbocycles. The summed E-state index contributed by atoms with van der Waals surface area (Å²) in [6, 6.07) is 1.68. The molecule has 1 atom stereocenters. The van der Waals surface area contributed by atoms with Crippen LogP contribution in [0.3, 0.4) is 0 Å². The summed E-state index contributed by atoms with van der Waals surface area (Å²) >= 11 is 5.91. The van der Waals surface area contributed by atoms with Crippen molar-refractivity contribution >= 4 is 23.5 Å². The molecule has 1 aromatic rings. The second kappa shape index (κ2) is 7.31. The molecule has 7 heteroatoms. The van der Waals surface area contributed by atoms with Crippen LogP contribution in [0, 0.1) is 0 Å². The lowest BCUT2D eigenvalue weighted by Gasteiger charge is -2.16. The Bertz CT molecular complexity index is 485. The van der Waals surface area contributed by atoms with Gasteiger partial charge in [-0.25, -0.2) is 0 Å². The molecule has 0 aliphatic rings. The second-order valence-corrected chi connectivity index (χ2v) is 5.15. The Labute approximate surface area is 122 Å². The lowest BCUT2D eigenvalue weighted by atomic mass is 10.2. The molecule has 2 N–H and O–H groups in total. The molecule has 1 rings (SSSR count). The molecule has 1 aromatic heterocycles. The normalized spacial score (nSPS) is 12.4. The first-order valence-electron chi connectivity index (χ1n) is 6.25. The zero-order valence-electron chi connectivity index (χ0n) is 11.7. The first kappa shape index (κ1) is 16.5. The largest absolute Gasteiger partial charge is 0.481 e. The number of aromatic nitrogens is 1. The van der Waals surface area contributed by atoms with Crippen molar-refractivity contribution in [1.29, 1.82) is 0 Å². The maximum atomic E-state index is 12.1. The predicted octanol–water partition coefficient (Wildman–Crippen LogP) is 1.94. The van der Waals surface area contributed by atoms with E-state index in [0.29, 0.717) is 10.7 Å². The smallest absolute Gasteiger partial charge is 0.306 e. The Kier molecular flexibility index (Phi) is 6.04. The number of methoxy groups -OCH3 is 1. The number of rotatable bonds is 7. The SMILES string of the molecule is COC(CNC(=O)c1cc(Cl)cn1C(C)C)CC(=O)O. The van der Waals surface area contributed by atoms with E-state index in [1.54, 1.807) is 16.8 Å². The summed E-state index contributed by atoms with van der Waals surface area (Å²) in [5, 5.41) is 11.8. The van der Waals surface area contributed by atoms with E-state index in [1.165, 1.54) is 7.11 Å². The van der Waals surface area contributed by atoms with E-state index in [2.05, 4.69) is 5.32 Å². The van der Waals surface area contributed by atoms with Crippen LogP contribution in [0.1, 0.15) is 36.8 Å². The van der Waals surface area contributed by atoms with Gasteiger partial charge in [-0.05, 0) is 19.9 Å². The van der Waals surface area contributed by atoms with E-state index in [9.17, 15) is 9.59 Å². The zero-order valence-corrected chi connectivity index (χ0v) is 12.5. The highest BCUT2D eigenvalue weighted by molar-refractivity contribution is 6.31. The molecule has 0 radical (unpaired) electrons. The van der Waals surface area contributed by atoms with Crippen molar-refractivity contribution < 1.29 is 19.4 Å². The molecule has 1 unspecified atom stereocenters. The molecule has 0 fully saturated rings. The van der Waals surface area contributed by atoms with E-state index < -0.39 is 12.1 Å². The maximum Gasteiger partial charge on any atom is 0.306 e. The Morgan fingerprint density at radius 2 is 2.15 bits per heavy atom. The fourth-order valence-corrected chi connectivity index (χ4v) is 1.99. The monoisotopic (exact) mass is 302 g/mol. The maximum absolute atomic E-state index is 12.1. The number of carbonyl (C=O) groups excluding carboxylic acids is 1. The number of nitrogens with zero attached hydrogens (tertiary/aromatic N) is 1. The van der Waals surface area contributed by atoms with Gasteiger partial charge in [-0.3, -0.25) is 9.59 Å². The van der Waals surface area contributed by atoms with Crippen molar-refractivity contribution in [2.24, 2.45) is 0 Å². The highest BCUT2D eigenvalue weighted by atomic mass is 35.5. The van der Waals surface area contributed by atoms with Crippen molar-refractivity contribution in [3.8, 4) is 0 Å². The molecule has 0 aliphatic carbocycles. The number of aliphatic carboxylic acids is 1.